The summed E-state index contributed by atoms with van der Waals surface area (Å²) in [7, 11) is 0. The topological polar surface area (TPSA) is 86.5 Å². The molecular weight excluding hydrogens is 524 g/mol. The number of anilines is 2. The standard InChI is InChI=1S/C35H34N4O3/c1-3-42-33-10-5-4-9-32(33)36-37-34-23(2)38-39(35(34)41)30-20-29(21-31(40)22-30)28-17-15-27(16-18-28)26-13-11-25(12-14-26)19-24-7-6-8-24/h4-5,9-18,20-22,24,36,40H,3,6-8,19H2,1-2H3/b37-34+. The Labute approximate surface area is 246 Å². The lowest BCUT2D eigenvalue weighted by Gasteiger charge is -2.25. The molecule has 0 spiro atoms. The van der Waals surface area contributed by atoms with E-state index in [4.69, 9.17) is 4.74 Å². The summed E-state index contributed by atoms with van der Waals surface area (Å²) in [5, 5.41) is 20.6. The van der Waals surface area contributed by atoms with Crippen molar-refractivity contribution >= 4 is 28.7 Å². The number of nitrogens with zero attached hydrogens (tertiary/aromatic N) is 3. The molecule has 1 aliphatic carbocycles. The van der Waals surface area contributed by atoms with Crippen LogP contribution in [0.3, 0.4) is 0 Å². The van der Waals surface area contributed by atoms with E-state index in [1.165, 1.54) is 47.9 Å². The zero-order valence-electron chi connectivity index (χ0n) is 23.9. The number of ether oxygens (including phenoxy) is 1. The smallest absolute Gasteiger partial charge is 0.301 e. The van der Waals surface area contributed by atoms with Crippen molar-refractivity contribution in [3.63, 3.8) is 0 Å². The average Bonchev–Trinajstić information content (AvgIpc) is 3.27. The van der Waals surface area contributed by atoms with E-state index in [1.54, 1.807) is 13.0 Å². The molecular formula is C35H34N4O3. The van der Waals surface area contributed by atoms with Crippen LogP contribution < -0.4 is 15.2 Å². The highest BCUT2D eigenvalue weighted by molar-refractivity contribution is 6.71. The molecule has 2 aliphatic rings. The van der Waals surface area contributed by atoms with Crippen LogP contribution >= 0.6 is 0 Å². The molecule has 1 heterocycles. The van der Waals surface area contributed by atoms with Gasteiger partial charge in [-0.3, -0.25) is 10.2 Å². The second-order valence-electron chi connectivity index (χ2n) is 10.8. The molecule has 0 unspecified atom stereocenters. The minimum absolute atomic E-state index is 0.0448. The van der Waals surface area contributed by atoms with Crippen LogP contribution in [0.1, 0.15) is 38.7 Å². The monoisotopic (exact) mass is 558 g/mol. The number of carbonyl (C=O) groups excluding carboxylic acids is 1. The number of phenols is 1. The average molecular weight is 559 g/mol. The molecule has 4 aromatic carbocycles. The Kier molecular flexibility index (Phi) is 7.73. The van der Waals surface area contributed by atoms with E-state index >= 15 is 0 Å². The molecule has 0 radical (unpaired) electrons. The van der Waals surface area contributed by atoms with E-state index in [9.17, 15) is 9.90 Å². The van der Waals surface area contributed by atoms with Crippen molar-refractivity contribution in [3.05, 3.63) is 96.6 Å². The van der Waals surface area contributed by atoms with E-state index in [0.717, 1.165) is 22.6 Å². The fourth-order valence-corrected chi connectivity index (χ4v) is 5.36. The van der Waals surface area contributed by atoms with Gasteiger partial charge in [-0.05, 0) is 78.3 Å². The number of aromatic hydroxyl groups is 1. The second-order valence-corrected chi connectivity index (χ2v) is 10.8. The highest BCUT2D eigenvalue weighted by Crippen LogP contribution is 2.34. The highest BCUT2D eigenvalue weighted by atomic mass is 16.5. The first-order valence-electron chi connectivity index (χ1n) is 14.5. The van der Waals surface area contributed by atoms with Crippen LogP contribution in [-0.4, -0.2) is 29.0 Å². The van der Waals surface area contributed by atoms with Gasteiger partial charge in [0.1, 0.15) is 11.5 Å². The number of rotatable bonds is 9. The van der Waals surface area contributed by atoms with Crippen LogP contribution in [0.5, 0.6) is 11.5 Å². The predicted octanol–water partition coefficient (Wildman–Crippen LogP) is 7.66. The Morgan fingerprint density at radius 3 is 2.26 bits per heavy atom. The summed E-state index contributed by atoms with van der Waals surface area (Å²) in [5.74, 6) is 1.15. The third kappa shape index (κ3) is 5.77. The maximum atomic E-state index is 13.3. The molecule has 0 atom stereocenters. The minimum Gasteiger partial charge on any atom is -0.508 e. The van der Waals surface area contributed by atoms with Gasteiger partial charge in [0.15, 0.2) is 5.71 Å². The molecule has 6 rings (SSSR count). The van der Waals surface area contributed by atoms with Crippen molar-refractivity contribution in [3.8, 4) is 33.8 Å². The quantitative estimate of drug-likeness (QED) is 0.207. The molecule has 212 valence electrons. The lowest BCUT2D eigenvalue weighted by Crippen LogP contribution is -2.28. The number of para-hydroxylation sites is 2. The van der Waals surface area contributed by atoms with Crippen LogP contribution in [0.2, 0.25) is 0 Å². The number of benzene rings is 4. The van der Waals surface area contributed by atoms with Gasteiger partial charge in [0.25, 0.3) is 0 Å². The molecule has 7 heteroatoms. The Balaban J connectivity index is 1.19. The van der Waals surface area contributed by atoms with Crippen molar-refractivity contribution < 1.29 is 14.6 Å². The van der Waals surface area contributed by atoms with Crippen molar-refractivity contribution in [2.75, 3.05) is 17.0 Å². The SMILES string of the molecule is CCOc1ccccc1N/N=C1/C(=O)N(c2cc(O)cc(-c3ccc(-c4ccc(CC5CCC5)cc4)cc3)c2)N=C1C. The summed E-state index contributed by atoms with van der Waals surface area (Å²) in [4.78, 5) is 13.3. The predicted molar refractivity (Wildman–Crippen MR) is 169 cm³/mol. The zero-order valence-corrected chi connectivity index (χ0v) is 23.9. The fraction of sp³-hybridized carbons (Fsp3) is 0.229. The number of phenolic OH excluding ortho intramolecular Hbond substituents is 1. The first kappa shape index (κ1) is 27.3. The van der Waals surface area contributed by atoms with Crippen molar-refractivity contribution in [1.82, 2.24) is 0 Å². The number of hydrazone groups is 2. The summed E-state index contributed by atoms with van der Waals surface area (Å²) in [6.45, 7) is 4.15. The lowest BCUT2D eigenvalue weighted by atomic mass is 9.81. The summed E-state index contributed by atoms with van der Waals surface area (Å²) in [6, 6.07) is 29.6. The van der Waals surface area contributed by atoms with E-state index in [1.807, 2.05) is 49.4 Å². The van der Waals surface area contributed by atoms with Gasteiger partial charge in [-0.25, -0.2) is 0 Å². The van der Waals surface area contributed by atoms with E-state index in [2.05, 4.69) is 52.0 Å². The van der Waals surface area contributed by atoms with Gasteiger partial charge < -0.3 is 9.84 Å². The number of hydrogen-bond acceptors (Lipinski definition) is 6. The summed E-state index contributed by atoms with van der Waals surface area (Å²) in [6.07, 6.45) is 5.25. The van der Waals surface area contributed by atoms with Gasteiger partial charge in [0, 0.05) is 6.07 Å². The number of hydrogen-bond donors (Lipinski definition) is 2. The van der Waals surface area contributed by atoms with Crippen molar-refractivity contribution in [2.24, 2.45) is 16.1 Å². The van der Waals surface area contributed by atoms with Gasteiger partial charge in [0.05, 0.1) is 23.7 Å². The van der Waals surface area contributed by atoms with Crippen LogP contribution in [0.15, 0.2) is 101 Å². The molecule has 0 aromatic heterocycles. The van der Waals surface area contributed by atoms with Gasteiger partial charge >= 0.3 is 5.91 Å². The Hall–Kier alpha value is -4.91. The maximum Gasteiger partial charge on any atom is 0.301 e. The van der Waals surface area contributed by atoms with Gasteiger partial charge in [-0.2, -0.15) is 15.2 Å². The van der Waals surface area contributed by atoms with Gasteiger partial charge in [-0.1, -0.05) is 79.9 Å². The van der Waals surface area contributed by atoms with Crippen molar-refractivity contribution in [1.29, 1.82) is 0 Å². The number of nitrogens with one attached hydrogen (secondary N) is 1. The largest absolute Gasteiger partial charge is 0.508 e. The van der Waals surface area contributed by atoms with E-state index < -0.39 is 0 Å². The molecule has 1 aliphatic heterocycles. The molecule has 42 heavy (non-hydrogen) atoms. The van der Waals surface area contributed by atoms with E-state index in [-0.39, 0.29) is 17.4 Å². The third-order valence-corrected chi connectivity index (χ3v) is 7.86. The van der Waals surface area contributed by atoms with Crippen LogP contribution in [0.4, 0.5) is 11.4 Å². The zero-order chi connectivity index (χ0) is 29.1. The van der Waals surface area contributed by atoms with Crippen LogP contribution in [-0.2, 0) is 11.2 Å². The molecule has 1 amide bonds. The summed E-state index contributed by atoms with van der Waals surface area (Å²) in [5.41, 5.74) is 10.1. The van der Waals surface area contributed by atoms with E-state index in [0.29, 0.717) is 29.4 Å². The Morgan fingerprint density at radius 1 is 0.929 bits per heavy atom. The van der Waals surface area contributed by atoms with Crippen LogP contribution in [0.25, 0.3) is 22.3 Å². The van der Waals surface area contributed by atoms with Gasteiger partial charge in [-0.15, -0.1) is 0 Å². The fourth-order valence-electron chi connectivity index (χ4n) is 5.36. The van der Waals surface area contributed by atoms with Crippen molar-refractivity contribution in [2.45, 2.75) is 39.5 Å². The minimum atomic E-state index is -0.387. The number of carbonyl (C=O) groups is 1. The Morgan fingerprint density at radius 2 is 1.60 bits per heavy atom. The van der Waals surface area contributed by atoms with Gasteiger partial charge in [0.2, 0.25) is 0 Å². The first-order valence-corrected chi connectivity index (χ1v) is 14.5. The molecule has 0 bridgehead atoms. The normalized spacial score (nSPS) is 16.0. The molecule has 1 fully saturated rings. The summed E-state index contributed by atoms with van der Waals surface area (Å²) >= 11 is 0. The first-order chi connectivity index (χ1) is 20.5. The maximum absolute atomic E-state index is 13.3. The summed E-state index contributed by atoms with van der Waals surface area (Å²) < 4.78 is 5.63. The highest BCUT2D eigenvalue weighted by Gasteiger charge is 2.31. The molecule has 1 saturated carbocycles. The Bertz CT molecular complexity index is 1650. The van der Waals surface area contributed by atoms with Crippen LogP contribution in [0, 0.1) is 5.92 Å². The molecule has 7 nitrogen and oxygen atoms in total. The number of amides is 1. The lowest BCUT2D eigenvalue weighted by molar-refractivity contribution is -0.112. The second kappa shape index (κ2) is 11.9. The third-order valence-electron chi connectivity index (χ3n) is 7.86. The molecule has 0 saturated heterocycles. The molecule has 4 aromatic rings. The molecule has 2 N–H and O–H groups in total.